The topological polar surface area (TPSA) is 262 Å². The van der Waals surface area contributed by atoms with E-state index in [1.165, 1.54) is 19.1 Å². The first-order chi connectivity index (χ1) is 47.3. The van der Waals surface area contributed by atoms with E-state index in [0.717, 1.165) is 71.4 Å². The number of hydrogen-bond acceptors (Lipinski definition) is 14. The number of nitrogens with one attached hydrogen (secondary N) is 4. The molecule has 4 amide bonds. The molecule has 2 heterocycles. The first kappa shape index (κ1) is 76.7. The zero-order valence-corrected chi connectivity index (χ0v) is 57.6. The second-order valence-corrected chi connectivity index (χ2v) is 23.8. The lowest BCUT2D eigenvalue weighted by Gasteiger charge is -2.61. The van der Waals surface area contributed by atoms with Crippen molar-refractivity contribution in [3.63, 3.8) is 0 Å². The number of anilines is 2. The second-order valence-electron chi connectivity index (χ2n) is 23.8. The number of aryl methyl sites for hydroxylation is 3. The standard InChI is InChI=1S/C50H52N6O4.C30H42N2O6/c1-5-51-47(57)43-30-38(3)31-44(55-43)48(58)52-35-41-26-18-10-12-20-28-42(29-21-13-11-19-27-41)36-54-50(60)46-33-39(4)32-45(56-46)49(59)53-34-40-24-16-8-6-14-22-37(2)23-15-7-9-17-25-40;1-5-12-31(13-6-2)22-10-8-21(9-11-22)26-29(36)28(30(26)37)27-24(34)17-23(18-25(27)35)32(14-7-3)15-16-38-19-20(4)33/h6-33H,5,34-36H2,1-4H3,(H,51,57)(H,52,58)(H,53,59)(H,54,60);8-11,17-18,26,28-30,34-35H,5-7,12-16,19H2,1-4H3/q;-2. The molecule has 2 unspecified atom stereocenters. The summed E-state index contributed by atoms with van der Waals surface area (Å²) in [7, 11) is 0. The summed E-state index contributed by atoms with van der Waals surface area (Å²) in [6.45, 7) is 19.8. The van der Waals surface area contributed by atoms with Gasteiger partial charge in [0.25, 0.3) is 23.6 Å². The molecule has 6 aromatic rings. The smallest absolute Gasteiger partial charge is 0.270 e. The van der Waals surface area contributed by atoms with Gasteiger partial charge in [0.1, 0.15) is 40.9 Å². The van der Waals surface area contributed by atoms with Crippen LogP contribution in [0.3, 0.4) is 0 Å². The highest BCUT2D eigenvalue weighted by Gasteiger charge is 2.41. The lowest BCUT2D eigenvalue weighted by molar-refractivity contribution is -0.536. The van der Waals surface area contributed by atoms with Gasteiger partial charge < -0.3 is 56.2 Å². The Hall–Kier alpha value is -10.3. The molecular weight excluding hydrogens is 1230 g/mol. The summed E-state index contributed by atoms with van der Waals surface area (Å²) in [5.74, 6) is -3.82. The summed E-state index contributed by atoms with van der Waals surface area (Å²) >= 11 is 0. The molecule has 0 bridgehead atoms. The molecule has 18 nitrogen and oxygen atoms in total. The minimum Gasteiger partial charge on any atom is -0.851 e. The highest BCUT2D eigenvalue weighted by molar-refractivity contribution is 5.97. The van der Waals surface area contributed by atoms with Gasteiger partial charge in [-0.15, -0.1) is 12.2 Å². The molecule has 1 fully saturated rings. The Bertz CT molecular complexity index is 3790. The van der Waals surface area contributed by atoms with Crippen LogP contribution in [-0.2, 0) is 29.2 Å². The number of ether oxygens (including phenoxy) is 1. The summed E-state index contributed by atoms with van der Waals surface area (Å²) in [5, 5.41) is 59.6. The number of phenols is 2. The first-order valence-electron chi connectivity index (χ1n) is 33.5. The summed E-state index contributed by atoms with van der Waals surface area (Å²) in [4.78, 5) is 75.8. The quantitative estimate of drug-likeness (QED) is 0.0276. The van der Waals surface area contributed by atoms with Gasteiger partial charge in [0.2, 0.25) is 0 Å². The van der Waals surface area contributed by atoms with Crippen LogP contribution < -0.4 is 41.3 Å². The molecule has 6 N–H and O–H groups in total. The maximum Gasteiger partial charge on any atom is 0.270 e. The highest BCUT2D eigenvalue weighted by Crippen LogP contribution is 2.51. The minimum absolute atomic E-state index is 0.0305. The predicted molar refractivity (Wildman–Crippen MR) is 384 cm³/mol. The Balaban J connectivity index is 0.000000342. The largest absolute Gasteiger partial charge is 0.851 e. The van der Waals surface area contributed by atoms with E-state index >= 15 is 0 Å². The molecule has 18 heteroatoms. The maximum atomic E-state index is 13.3. The lowest BCUT2D eigenvalue weighted by atomic mass is 9.63. The van der Waals surface area contributed by atoms with Crippen molar-refractivity contribution in [2.75, 3.05) is 55.7 Å². The first-order valence-corrected chi connectivity index (χ1v) is 33.5. The number of hydrogen-bond donors (Lipinski definition) is 6. The van der Waals surface area contributed by atoms with Crippen LogP contribution in [0.5, 0.6) is 11.5 Å². The molecule has 1 saturated carbocycles. The van der Waals surface area contributed by atoms with Crippen molar-refractivity contribution >= 4 is 40.8 Å². The summed E-state index contributed by atoms with van der Waals surface area (Å²) in [5.41, 5.74) is 8.20. The molecule has 1 aliphatic carbocycles. The summed E-state index contributed by atoms with van der Waals surface area (Å²) < 4.78 is 5.37. The van der Waals surface area contributed by atoms with E-state index in [2.05, 4.69) is 50.0 Å². The van der Waals surface area contributed by atoms with Gasteiger partial charge in [-0.3, -0.25) is 24.0 Å². The number of aromatic hydroxyl groups is 2. The van der Waals surface area contributed by atoms with Gasteiger partial charge >= 0.3 is 0 Å². The number of aromatic nitrogens is 2. The van der Waals surface area contributed by atoms with E-state index < -0.39 is 30.0 Å². The van der Waals surface area contributed by atoms with Crippen LogP contribution in [0.2, 0.25) is 0 Å². The van der Waals surface area contributed by atoms with Gasteiger partial charge in [-0.25, -0.2) is 9.97 Å². The second kappa shape index (κ2) is 41.0. The lowest BCUT2D eigenvalue weighted by Crippen LogP contribution is -2.63. The zero-order valence-electron chi connectivity index (χ0n) is 57.6. The number of ketones is 1. The molecule has 2 atom stereocenters. The molecule has 0 saturated heterocycles. The van der Waals surface area contributed by atoms with Crippen LogP contribution in [0.15, 0.2) is 206 Å². The third-order valence-corrected chi connectivity index (χ3v) is 15.6. The van der Waals surface area contributed by atoms with E-state index in [1.54, 1.807) is 24.3 Å². The van der Waals surface area contributed by atoms with Gasteiger partial charge in [-0.05, 0) is 135 Å². The van der Waals surface area contributed by atoms with E-state index in [4.69, 9.17) is 4.74 Å². The normalized spacial score (nSPS) is 14.1. The van der Waals surface area contributed by atoms with Crippen molar-refractivity contribution < 1.29 is 49.1 Å². The van der Waals surface area contributed by atoms with Gasteiger partial charge in [0, 0.05) is 81.4 Å². The number of nitrogens with zero attached hydrogens (tertiary/aromatic N) is 4. The third kappa shape index (κ3) is 24.7. The maximum absolute atomic E-state index is 13.3. The number of Topliss-reactive ketones (excluding diaryl/α,β-unsaturated/α-hetero) is 1. The van der Waals surface area contributed by atoms with E-state index in [1.807, 2.05) is 209 Å². The van der Waals surface area contributed by atoms with Crippen molar-refractivity contribution in [2.45, 2.75) is 118 Å². The van der Waals surface area contributed by atoms with Crippen LogP contribution in [0.4, 0.5) is 11.4 Å². The molecule has 4 aromatic carbocycles. The number of amides is 4. The SMILES string of the molecule is CCCN(CCC)c1ccc(C2C([O-])C(c3c(O)cc(N(CCC)CCOCC(C)=O)cc3O)C2[O-])cc1.CCNC(=O)c1cc(C)cc(C(=O)NCc2ccccccc(CNC(=O)c3cc(C)cc(C(=O)NCc4ccccccc(C)cccccc4)n3)cccccc2)n1. The zero-order chi connectivity index (χ0) is 70.8. The fraction of sp³-hybridized carbons (Fsp3) is 0.312. The molecule has 2 aromatic heterocycles. The average Bonchev–Trinajstić information content (AvgIpc) is 0.737. The van der Waals surface area contributed by atoms with Crippen LogP contribution in [0.1, 0.15) is 152 Å². The molecule has 98 heavy (non-hydrogen) atoms. The molecule has 7 rings (SSSR count). The molecule has 1 aliphatic rings. The van der Waals surface area contributed by atoms with E-state index in [-0.39, 0.29) is 89.6 Å². The van der Waals surface area contributed by atoms with Gasteiger partial charge in [0.05, 0.1) is 6.61 Å². The van der Waals surface area contributed by atoms with Crippen molar-refractivity contribution in [1.29, 1.82) is 0 Å². The molecule has 0 spiro atoms. The molecule has 0 aliphatic heterocycles. The Kier molecular flexibility index (Phi) is 32.1. The van der Waals surface area contributed by atoms with Gasteiger partial charge in [-0.1, -0.05) is 184 Å². The van der Waals surface area contributed by atoms with Crippen molar-refractivity contribution in [3.05, 3.63) is 274 Å². The number of rotatable bonds is 26. The fourth-order valence-electron chi connectivity index (χ4n) is 10.8. The van der Waals surface area contributed by atoms with Gasteiger partial charge in [0.15, 0.2) is 5.78 Å². The minimum atomic E-state index is -1.26. The van der Waals surface area contributed by atoms with Gasteiger partial charge in [-0.2, -0.15) is 0 Å². The predicted octanol–water partition coefficient (Wildman–Crippen LogP) is 11.3. The van der Waals surface area contributed by atoms with Crippen LogP contribution >= 0.6 is 0 Å². The van der Waals surface area contributed by atoms with Crippen LogP contribution in [0.25, 0.3) is 0 Å². The molecule has 0 radical (unpaired) electrons. The van der Waals surface area contributed by atoms with E-state index in [9.17, 15) is 44.4 Å². The number of carbonyl (C=O) groups is 5. The number of phenolic OH excluding ortho intramolecular Hbond substituents is 2. The van der Waals surface area contributed by atoms with E-state index in [0.29, 0.717) is 37.5 Å². The Morgan fingerprint density at radius 3 is 1.13 bits per heavy atom. The summed E-state index contributed by atoms with van der Waals surface area (Å²) in [6, 6.07) is 63.1. The Labute approximate surface area is 577 Å². The van der Waals surface area contributed by atoms with Crippen molar-refractivity contribution in [3.8, 4) is 11.5 Å². The molecule has 516 valence electrons. The van der Waals surface area contributed by atoms with Crippen molar-refractivity contribution in [1.82, 2.24) is 31.2 Å². The summed E-state index contributed by atoms with van der Waals surface area (Å²) in [6.07, 6.45) is 0.360. The highest BCUT2D eigenvalue weighted by atomic mass is 16.5. The monoisotopic (exact) mass is 1330 g/mol. The average molecular weight is 1330 g/mol. The Morgan fingerprint density at radius 2 is 0.786 bits per heavy atom. The number of benzene rings is 2. The van der Waals surface area contributed by atoms with Crippen molar-refractivity contribution in [2.24, 2.45) is 0 Å². The van der Waals surface area contributed by atoms with Crippen LogP contribution in [-0.4, -0.2) is 108 Å². The van der Waals surface area contributed by atoms with Crippen LogP contribution in [0, 0.1) is 20.8 Å². The number of carbonyl (C=O) groups excluding carboxylic acids is 5. The Morgan fingerprint density at radius 1 is 0.439 bits per heavy atom. The molecular formula is C80H94N8O10-2. The third-order valence-electron chi connectivity index (χ3n) is 15.6. The fourth-order valence-corrected chi connectivity index (χ4v) is 10.8. The number of pyridine rings is 2.